The minimum Gasteiger partial charge on any atom is -0.494 e. The molecule has 3 rings (SSSR count). The molecule has 6 heteroatoms. The lowest BCUT2D eigenvalue weighted by Crippen LogP contribution is -2.05. The van der Waals surface area contributed by atoms with E-state index in [4.69, 9.17) is 16.3 Å². The largest absolute Gasteiger partial charge is 0.494 e. The fourth-order valence-electron chi connectivity index (χ4n) is 2.87. The second-order valence-corrected chi connectivity index (χ2v) is 8.54. The van der Waals surface area contributed by atoms with Crippen molar-refractivity contribution in [1.29, 1.82) is 0 Å². The topological polar surface area (TPSA) is 60.4 Å². The maximum atomic E-state index is 13.2. The quantitative estimate of drug-likeness (QED) is 0.511. The average molecular weight is 415 g/mol. The molecule has 0 radical (unpaired) electrons. The number of aldehydes is 1. The van der Waals surface area contributed by atoms with Gasteiger partial charge < -0.3 is 9.53 Å². The molecule has 0 aromatic heterocycles. The highest BCUT2D eigenvalue weighted by molar-refractivity contribution is 7.91. The smallest absolute Gasteiger partial charge is 0.206 e. The third kappa shape index (κ3) is 4.43. The number of sulfone groups is 1. The van der Waals surface area contributed by atoms with E-state index >= 15 is 0 Å². The van der Waals surface area contributed by atoms with Crippen LogP contribution in [0.1, 0.15) is 12.5 Å². The molecule has 0 aliphatic heterocycles. The summed E-state index contributed by atoms with van der Waals surface area (Å²) in [5.74, 6) is 0.425. The van der Waals surface area contributed by atoms with Gasteiger partial charge in [-0.2, -0.15) is 0 Å². The molecule has 0 bridgehead atoms. The van der Waals surface area contributed by atoms with Crippen LogP contribution in [0.25, 0.3) is 11.1 Å². The van der Waals surface area contributed by atoms with Crippen LogP contribution in [-0.4, -0.2) is 21.3 Å². The van der Waals surface area contributed by atoms with Crippen LogP contribution in [0.5, 0.6) is 5.75 Å². The van der Waals surface area contributed by atoms with Crippen molar-refractivity contribution in [2.45, 2.75) is 23.1 Å². The Morgan fingerprint density at radius 3 is 2.36 bits per heavy atom. The average Bonchev–Trinajstić information content (AvgIpc) is 2.69. The SMILES string of the molecule is CCOc1cc(CC=O)cc(S(=O)(=O)c2cccc(-c3ccc(Cl)cc3)c2)c1. The highest BCUT2D eigenvalue weighted by Gasteiger charge is 2.20. The summed E-state index contributed by atoms with van der Waals surface area (Å²) in [4.78, 5) is 11.2. The van der Waals surface area contributed by atoms with Gasteiger partial charge in [0.15, 0.2) is 0 Å². The Morgan fingerprint density at radius 2 is 1.68 bits per heavy atom. The molecule has 144 valence electrons. The van der Waals surface area contributed by atoms with Gasteiger partial charge in [0.1, 0.15) is 12.0 Å². The van der Waals surface area contributed by atoms with Crippen molar-refractivity contribution < 1.29 is 17.9 Å². The van der Waals surface area contributed by atoms with Gasteiger partial charge in [-0.3, -0.25) is 0 Å². The summed E-state index contributed by atoms with van der Waals surface area (Å²) in [5.41, 5.74) is 2.23. The van der Waals surface area contributed by atoms with E-state index < -0.39 is 9.84 Å². The minimum atomic E-state index is -3.78. The molecule has 4 nitrogen and oxygen atoms in total. The normalized spacial score (nSPS) is 11.2. The summed E-state index contributed by atoms with van der Waals surface area (Å²) in [6, 6.07) is 18.6. The second-order valence-electron chi connectivity index (χ2n) is 6.15. The Morgan fingerprint density at radius 1 is 0.929 bits per heavy atom. The highest BCUT2D eigenvalue weighted by Crippen LogP contribution is 2.30. The van der Waals surface area contributed by atoms with Gasteiger partial charge in [-0.15, -0.1) is 0 Å². The Balaban J connectivity index is 2.06. The number of benzene rings is 3. The third-order valence-corrected chi connectivity index (χ3v) is 6.18. The summed E-state index contributed by atoms with van der Waals surface area (Å²) >= 11 is 5.93. The predicted molar refractivity (Wildman–Crippen MR) is 110 cm³/mol. The summed E-state index contributed by atoms with van der Waals surface area (Å²) in [6.45, 7) is 2.21. The van der Waals surface area contributed by atoms with Crippen LogP contribution in [0.3, 0.4) is 0 Å². The van der Waals surface area contributed by atoms with E-state index in [9.17, 15) is 13.2 Å². The molecule has 0 heterocycles. The van der Waals surface area contributed by atoms with Crippen molar-refractivity contribution in [3.63, 3.8) is 0 Å². The van der Waals surface area contributed by atoms with E-state index in [0.717, 1.165) is 17.4 Å². The summed E-state index contributed by atoms with van der Waals surface area (Å²) in [5, 5.41) is 0.614. The molecule has 0 saturated heterocycles. The van der Waals surface area contributed by atoms with Crippen LogP contribution in [0.2, 0.25) is 5.02 Å². The van der Waals surface area contributed by atoms with Gasteiger partial charge in [0.25, 0.3) is 0 Å². The first-order chi connectivity index (χ1) is 13.4. The monoisotopic (exact) mass is 414 g/mol. The first-order valence-electron chi connectivity index (χ1n) is 8.75. The van der Waals surface area contributed by atoms with E-state index in [1.165, 1.54) is 12.1 Å². The lowest BCUT2D eigenvalue weighted by atomic mass is 10.1. The molecule has 3 aromatic rings. The molecule has 0 N–H and O–H groups in total. The summed E-state index contributed by atoms with van der Waals surface area (Å²) in [6.07, 6.45) is 0.858. The number of hydrogen-bond acceptors (Lipinski definition) is 4. The zero-order chi connectivity index (χ0) is 20.1. The van der Waals surface area contributed by atoms with Crippen molar-refractivity contribution in [2.75, 3.05) is 6.61 Å². The van der Waals surface area contributed by atoms with Crippen molar-refractivity contribution in [1.82, 2.24) is 0 Å². The van der Waals surface area contributed by atoms with Crippen molar-refractivity contribution in [3.05, 3.63) is 77.3 Å². The van der Waals surface area contributed by atoms with Gasteiger partial charge in [-0.05, 0) is 66.1 Å². The van der Waals surface area contributed by atoms with E-state index in [-0.39, 0.29) is 16.2 Å². The lowest BCUT2D eigenvalue weighted by Gasteiger charge is -2.11. The summed E-state index contributed by atoms with van der Waals surface area (Å²) < 4.78 is 31.9. The molecule has 0 spiro atoms. The van der Waals surface area contributed by atoms with Crippen LogP contribution in [0, 0.1) is 0 Å². The highest BCUT2D eigenvalue weighted by atomic mass is 35.5. The molecule has 0 atom stereocenters. The number of halogens is 1. The molecule has 0 unspecified atom stereocenters. The molecular weight excluding hydrogens is 396 g/mol. The maximum Gasteiger partial charge on any atom is 0.206 e. The fourth-order valence-corrected chi connectivity index (χ4v) is 4.39. The zero-order valence-corrected chi connectivity index (χ0v) is 16.8. The molecule has 28 heavy (non-hydrogen) atoms. The number of rotatable bonds is 7. The zero-order valence-electron chi connectivity index (χ0n) is 15.3. The van der Waals surface area contributed by atoms with Crippen molar-refractivity contribution >= 4 is 27.7 Å². The van der Waals surface area contributed by atoms with Crippen LogP contribution in [0.4, 0.5) is 0 Å². The molecule has 3 aromatic carbocycles. The second kappa shape index (κ2) is 8.59. The maximum absolute atomic E-state index is 13.2. The van der Waals surface area contributed by atoms with Crippen LogP contribution in [0.15, 0.2) is 76.5 Å². The standard InChI is InChI=1S/C22H19ClO4S/c1-2-27-20-12-16(10-11-24)13-22(15-20)28(25,26)21-5-3-4-18(14-21)17-6-8-19(23)9-7-17/h3-9,11-15H,2,10H2,1H3. The Kier molecular flexibility index (Phi) is 6.17. The van der Waals surface area contributed by atoms with Crippen molar-refractivity contribution in [3.8, 4) is 16.9 Å². The van der Waals surface area contributed by atoms with Crippen LogP contribution >= 0.6 is 11.6 Å². The van der Waals surface area contributed by atoms with Crippen LogP contribution in [-0.2, 0) is 21.1 Å². The number of ether oxygens (including phenoxy) is 1. The van der Waals surface area contributed by atoms with Gasteiger partial charge in [0.05, 0.1) is 16.4 Å². The van der Waals surface area contributed by atoms with Gasteiger partial charge in [0.2, 0.25) is 9.84 Å². The minimum absolute atomic E-state index is 0.101. The van der Waals surface area contributed by atoms with Crippen LogP contribution < -0.4 is 4.74 Å². The summed E-state index contributed by atoms with van der Waals surface area (Å²) in [7, 11) is -3.78. The molecule has 0 fully saturated rings. The lowest BCUT2D eigenvalue weighted by molar-refractivity contribution is -0.107. The van der Waals surface area contributed by atoms with Gasteiger partial charge in [-0.25, -0.2) is 8.42 Å². The molecular formula is C22H19ClO4S. The molecule has 0 saturated carbocycles. The van der Waals surface area contributed by atoms with E-state index in [1.807, 2.05) is 25.1 Å². The molecule has 0 aliphatic rings. The van der Waals surface area contributed by atoms with Gasteiger partial charge in [-0.1, -0.05) is 35.9 Å². The first-order valence-corrected chi connectivity index (χ1v) is 10.6. The van der Waals surface area contributed by atoms with E-state index in [2.05, 4.69) is 0 Å². The van der Waals surface area contributed by atoms with Gasteiger partial charge >= 0.3 is 0 Å². The fraction of sp³-hybridized carbons (Fsp3) is 0.136. The van der Waals surface area contributed by atoms with Crippen molar-refractivity contribution in [2.24, 2.45) is 0 Å². The van der Waals surface area contributed by atoms with Gasteiger partial charge in [0, 0.05) is 11.4 Å². The first kappa shape index (κ1) is 20.1. The number of carbonyl (C=O) groups is 1. The Bertz CT molecular complexity index is 1090. The Labute approximate surface area is 169 Å². The number of carbonyl (C=O) groups excluding carboxylic acids is 1. The molecule has 0 aliphatic carbocycles. The number of hydrogen-bond donors (Lipinski definition) is 0. The Hall–Kier alpha value is -2.63. The predicted octanol–water partition coefficient (Wildman–Crippen LogP) is 4.98. The third-order valence-electron chi connectivity index (χ3n) is 4.20. The van der Waals surface area contributed by atoms with E-state index in [1.54, 1.807) is 36.4 Å². The molecule has 0 amide bonds. The van der Waals surface area contributed by atoms with E-state index in [0.29, 0.717) is 22.9 Å².